The van der Waals surface area contributed by atoms with Crippen molar-refractivity contribution in [3.63, 3.8) is 0 Å². The Hall–Kier alpha value is -1.53. The lowest BCUT2D eigenvalue weighted by atomic mass is 10.3. The van der Waals surface area contributed by atoms with Crippen LogP contribution in [0.1, 0.15) is 24.8 Å². The van der Waals surface area contributed by atoms with Gasteiger partial charge in [-0.2, -0.15) is 0 Å². The number of anilines is 2. The van der Waals surface area contributed by atoms with Crippen LogP contribution in [0.25, 0.3) is 0 Å². The van der Waals surface area contributed by atoms with Crippen LogP contribution in [-0.4, -0.2) is 15.3 Å². The van der Waals surface area contributed by atoms with Crippen LogP contribution in [0.15, 0.2) is 30.3 Å². The van der Waals surface area contributed by atoms with Gasteiger partial charge in [0.15, 0.2) is 5.11 Å². The van der Waals surface area contributed by atoms with Crippen LogP contribution < -0.4 is 10.6 Å². The second-order valence-corrected chi connectivity index (χ2v) is 5.52. The van der Waals surface area contributed by atoms with E-state index in [1.54, 1.807) is 11.3 Å². The van der Waals surface area contributed by atoms with Gasteiger partial charge in [0, 0.05) is 12.1 Å². The van der Waals surface area contributed by atoms with E-state index in [0.717, 1.165) is 35.1 Å². The maximum Gasteiger partial charge on any atom is 0.211 e. The molecule has 0 aliphatic heterocycles. The molecule has 1 heterocycles. The van der Waals surface area contributed by atoms with Gasteiger partial charge in [0.1, 0.15) is 5.01 Å². The summed E-state index contributed by atoms with van der Waals surface area (Å²) < 4.78 is 0. The third-order valence-electron chi connectivity index (χ3n) is 2.46. The minimum Gasteiger partial charge on any atom is -0.332 e. The quantitative estimate of drug-likeness (QED) is 0.823. The largest absolute Gasteiger partial charge is 0.332 e. The minimum absolute atomic E-state index is 0.532. The first kappa shape index (κ1) is 13.9. The summed E-state index contributed by atoms with van der Waals surface area (Å²) in [7, 11) is 0. The average Bonchev–Trinajstić information content (AvgIpc) is 2.85. The zero-order valence-electron chi connectivity index (χ0n) is 10.7. The molecular weight excluding hydrogens is 276 g/mol. The molecule has 0 atom stereocenters. The summed E-state index contributed by atoms with van der Waals surface area (Å²) in [4.78, 5) is 0. The van der Waals surface area contributed by atoms with Gasteiger partial charge in [0.25, 0.3) is 0 Å². The molecule has 0 fully saturated rings. The van der Waals surface area contributed by atoms with Gasteiger partial charge in [-0.15, -0.1) is 10.2 Å². The Morgan fingerprint density at radius 1 is 1.21 bits per heavy atom. The number of hydrogen-bond donors (Lipinski definition) is 2. The zero-order valence-corrected chi connectivity index (χ0v) is 12.4. The molecule has 2 N–H and O–H groups in total. The molecule has 19 heavy (non-hydrogen) atoms. The summed E-state index contributed by atoms with van der Waals surface area (Å²) in [5, 5.41) is 16.7. The summed E-state index contributed by atoms with van der Waals surface area (Å²) in [5.41, 5.74) is 0.954. The van der Waals surface area contributed by atoms with Crippen LogP contribution >= 0.6 is 23.6 Å². The minimum atomic E-state index is 0.532. The van der Waals surface area contributed by atoms with E-state index in [9.17, 15) is 0 Å². The molecule has 0 saturated carbocycles. The van der Waals surface area contributed by atoms with E-state index in [2.05, 4.69) is 27.8 Å². The molecule has 0 bridgehead atoms. The number of rotatable bonds is 5. The summed E-state index contributed by atoms with van der Waals surface area (Å²) in [6.45, 7) is 2.17. The maximum atomic E-state index is 5.23. The highest BCUT2D eigenvalue weighted by molar-refractivity contribution is 7.80. The molecule has 0 unspecified atom stereocenters. The molecule has 6 heteroatoms. The van der Waals surface area contributed by atoms with Gasteiger partial charge in [-0.3, -0.25) is 0 Å². The Morgan fingerprint density at radius 2 is 2.00 bits per heavy atom. The number of aromatic nitrogens is 2. The van der Waals surface area contributed by atoms with E-state index in [1.165, 1.54) is 0 Å². The first-order chi connectivity index (χ1) is 9.28. The molecule has 0 spiro atoms. The van der Waals surface area contributed by atoms with E-state index >= 15 is 0 Å². The molecule has 2 aromatic rings. The fraction of sp³-hybridized carbons (Fsp3) is 0.308. The van der Waals surface area contributed by atoms with Crippen LogP contribution in [0.2, 0.25) is 0 Å². The van der Waals surface area contributed by atoms with Crippen molar-refractivity contribution in [1.29, 1.82) is 0 Å². The lowest BCUT2D eigenvalue weighted by Crippen LogP contribution is -2.18. The predicted octanol–water partition coefficient (Wildman–Crippen LogP) is 3.69. The molecule has 1 aromatic carbocycles. The third kappa shape index (κ3) is 4.57. The van der Waals surface area contributed by atoms with E-state index in [0.29, 0.717) is 5.11 Å². The van der Waals surface area contributed by atoms with Crippen LogP contribution in [0.4, 0.5) is 10.8 Å². The Morgan fingerprint density at radius 3 is 2.74 bits per heavy atom. The number of hydrogen-bond acceptors (Lipinski definition) is 4. The van der Waals surface area contributed by atoms with Gasteiger partial charge in [-0.05, 0) is 30.8 Å². The topological polar surface area (TPSA) is 49.8 Å². The smallest absolute Gasteiger partial charge is 0.211 e. The monoisotopic (exact) mass is 292 g/mol. The Bertz CT molecular complexity index is 524. The Kier molecular flexibility index (Phi) is 5.23. The van der Waals surface area contributed by atoms with Crippen molar-refractivity contribution in [3.05, 3.63) is 35.3 Å². The van der Waals surface area contributed by atoms with Crippen molar-refractivity contribution in [2.24, 2.45) is 0 Å². The number of thiocarbonyl (C=S) groups is 1. The molecule has 0 amide bonds. The lowest BCUT2D eigenvalue weighted by molar-refractivity contribution is 0.780. The standard InChI is InChI=1S/C13H16N4S2/c1-2-3-9-11-16-17-13(19-11)15-12(18)14-10-7-5-4-6-8-10/h4-8H,2-3,9H2,1H3,(H2,14,15,17,18). The highest BCUT2D eigenvalue weighted by atomic mass is 32.1. The highest BCUT2D eigenvalue weighted by Crippen LogP contribution is 2.17. The number of nitrogens with one attached hydrogen (secondary N) is 2. The van der Waals surface area contributed by atoms with Crippen molar-refractivity contribution >= 4 is 39.5 Å². The Labute approximate surface area is 122 Å². The molecule has 4 nitrogen and oxygen atoms in total. The molecule has 0 aliphatic rings. The van der Waals surface area contributed by atoms with E-state index in [-0.39, 0.29) is 0 Å². The summed E-state index contributed by atoms with van der Waals surface area (Å²) >= 11 is 6.78. The van der Waals surface area contributed by atoms with Gasteiger partial charge in [-0.1, -0.05) is 42.9 Å². The van der Waals surface area contributed by atoms with Gasteiger partial charge < -0.3 is 10.6 Å². The first-order valence-corrected chi connectivity index (χ1v) is 7.46. The first-order valence-electron chi connectivity index (χ1n) is 6.23. The van der Waals surface area contributed by atoms with Crippen molar-refractivity contribution in [1.82, 2.24) is 10.2 Å². The normalized spacial score (nSPS) is 10.2. The van der Waals surface area contributed by atoms with Crippen LogP contribution in [0.3, 0.4) is 0 Å². The molecule has 1 aromatic heterocycles. The number of para-hydroxylation sites is 1. The Balaban J connectivity index is 1.86. The second kappa shape index (κ2) is 7.16. The predicted molar refractivity (Wildman–Crippen MR) is 84.8 cm³/mol. The average molecular weight is 292 g/mol. The van der Waals surface area contributed by atoms with Gasteiger partial charge in [0.2, 0.25) is 5.13 Å². The van der Waals surface area contributed by atoms with E-state index in [1.807, 2.05) is 30.3 Å². The number of unbranched alkanes of at least 4 members (excludes halogenated alkanes) is 1. The molecule has 2 rings (SSSR count). The van der Waals surface area contributed by atoms with Crippen LogP contribution in [0.5, 0.6) is 0 Å². The third-order valence-corrected chi connectivity index (χ3v) is 3.57. The van der Waals surface area contributed by atoms with E-state index in [4.69, 9.17) is 12.2 Å². The van der Waals surface area contributed by atoms with Gasteiger partial charge >= 0.3 is 0 Å². The maximum absolute atomic E-state index is 5.23. The fourth-order valence-electron chi connectivity index (χ4n) is 1.51. The van der Waals surface area contributed by atoms with Gasteiger partial charge in [-0.25, -0.2) is 0 Å². The van der Waals surface area contributed by atoms with Crippen LogP contribution in [0, 0.1) is 0 Å². The van der Waals surface area contributed by atoms with Crippen molar-refractivity contribution in [3.8, 4) is 0 Å². The molecular formula is C13H16N4S2. The van der Waals surface area contributed by atoms with Crippen LogP contribution in [-0.2, 0) is 6.42 Å². The molecule has 0 saturated heterocycles. The lowest BCUT2D eigenvalue weighted by Gasteiger charge is -2.07. The SMILES string of the molecule is CCCCc1nnc(NC(=S)Nc2ccccc2)s1. The van der Waals surface area contributed by atoms with Crippen molar-refractivity contribution in [2.75, 3.05) is 10.6 Å². The number of benzene rings is 1. The number of nitrogens with zero attached hydrogens (tertiary/aromatic N) is 2. The molecule has 0 aliphatic carbocycles. The summed E-state index contributed by atoms with van der Waals surface area (Å²) in [5.74, 6) is 0. The van der Waals surface area contributed by atoms with Gasteiger partial charge in [0.05, 0.1) is 0 Å². The molecule has 100 valence electrons. The molecule has 0 radical (unpaired) electrons. The number of aryl methyl sites for hydroxylation is 1. The van der Waals surface area contributed by atoms with Crippen molar-refractivity contribution in [2.45, 2.75) is 26.2 Å². The second-order valence-electron chi connectivity index (χ2n) is 4.05. The fourth-order valence-corrected chi connectivity index (χ4v) is 2.58. The zero-order chi connectivity index (χ0) is 13.5. The van der Waals surface area contributed by atoms with Crippen molar-refractivity contribution < 1.29 is 0 Å². The summed E-state index contributed by atoms with van der Waals surface area (Å²) in [6.07, 6.45) is 3.28. The van der Waals surface area contributed by atoms with E-state index < -0.39 is 0 Å². The summed E-state index contributed by atoms with van der Waals surface area (Å²) in [6, 6.07) is 9.80. The highest BCUT2D eigenvalue weighted by Gasteiger charge is 2.05.